The molecular formula is C68H69CoN2O4+. The Morgan fingerprint density at radius 2 is 0.693 bits per heavy atom. The van der Waals surface area contributed by atoms with Crippen molar-refractivity contribution in [3.8, 4) is 11.5 Å². The maximum absolute atomic E-state index is 12.6. The van der Waals surface area contributed by atoms with Gasteiger partial charge in [-0.3, -0.25) is 0 Å². The van der Waals surface area contributed by atoms with Crippen LogP contribution in [0.1, 0.15) is 141 Å². The predicted molar refractivity (Wildman–Crippen MR) is 298 cm³/mol. The third kappa shape index (κ3) is 10.4. The average molecular weight is 1040 g/mol. The molecule has 383 valence electrons. The van der Waals surface area contributed by atoms with Crippen LogP contribution in [0.25, 0.3) is 0 Å². The molecule has 0 spiro atoms. The van der Waals surface area contributed by atoms with Gasteiger partial charge in [-0.15, -0.1) is 0 Å². The van der Waals surface area contributed by atoms with Crippen molar-refractivity contribution in [1.82, 2.24) is 0 Å². The Kier molecular flexibility index (Phi) is 15.3. The van der Waals surface area contributed by atoms with Gasteiger partial charge in [0.1, 0.15) is 0 Å². The monoisotopic (exact) mass is 1040 g/mol. The van der Waals surface area contributed by atoms with E-state index in [9.17, 15) is 10.2 Å². The first kappa shape index (κ1) is 52.5. The summed E-state index contributed by atoms with van der Waals surface area (Å²) in [5, 5.41) is 34.1. The van der Waals surface area contributed by atoms with Crippen LogP contribution in [-0.2, 0) is 41.6 Å². The van der Waals surface area contributed by atoms with Gasteiger partial charge in [-0.2, -0.15) is 0 Å². The molecule has 7 heteroatoms. The Morgan fingerprint density at radius 1 is 0.453 bits per heavy atom. The Hall–Kier alpha value is -7.32. The van der Waals surface area contributed by atoms with Gasteiger partial charge in [0, 0.05) is 5.97 Å². The molecule has 1 saturated carbocycles. The summed E-state index contributed by atoms with van der Waals surface area (Å²) in [5.74, 6) is -0.457. The van der Waals surface area contributed by atoms with Crippen LogP contribution in [0.3, 0.4) is 0 Å². The number of aliphatic carboxylic acids is 1. The van der Waals surface area contributed by atoms with E-state index in [0.717, 1.165) is 114 Å². The summed E-state index contributed by atoms with van der Waals surface area (Å²) < 4.78 is 4.90. The molecular weight excluding hydrogens is 968 g/mol. The number of fused-ring (bicyclic) bond motifs is 1. The van der Waals surface area contributed by atoms with Crippen molar-refractivity contribution in [3.05, 3.63) is 273 Å². The first-order valence-electron chi connectivity index (χ1n) is 26.2. The van der Waals surface area contributed by atoms with Crippen LogP contribution in [0.15, 0.2) is 206 Å². The number of rotatable bonds is 10. The first-order valence-corrected chi connectivity index (χ1v) is 27.1. The molecule has 8 aromatic rings. The van der Waals surface area contributed by atoms with E-state index in [0.29, 0.717) is 11.5 Å². The molecule has 2 atom stereocenters. The third-order valence-corrected chi connectivity index (χ3v) is 16.4. The summed E-state index contributed by atoms with van der Waals surface area (Å²) in [6.07, 6.45) is 8.80. The SMILES string of the molecule is CC(=O)[O-].CC(C)(C)c1cc(C(c2ccccc2)(c2ccccc2)c2ccccc2)cc(C=[N+]2[Co][N+](=Cc3cc(C(c4ccccc4)(c4ccccc4)c4ccccc4)cc(C(C)(C)C)c3O)[C@@H]3CCCC[C@H]32)c1O. The van der Waals surface area contributed by atoms with Crippen LogP contribution in [0.5, 0.6) is 11.5 Å². The maximum atomic E-state index is 12.6. The molecule has 1 heterocycles. The molecule has 6 nitrogen and oxygen atoms in total. The molecule has 10 rings (SSSR count). The predicted octanol–water partition coefficient (Wildman–Crippen LogP) is 13.0. The van der Waals surface area contributed by atoms with Crippen LogP contribution in [-0.4, -0.2) is 47.9 Å². The van der Waals surface area contributed by atoms with E-state index in [1.165, 1.54) is 0 Å². The van der Waals surface area contributed by atoms with Crippen LogP contribution in [0.2, 0.25) is 0 Å². The molecule has 0 unspecified atom stereocenters. The van der Waals surface area contributed by atoms with Crippen molar-refractivity contribution in [2.45, 2.75) is 108 Å². The number of phenols is 2. The van der Waals surface area contributed by atoms with E-state index in [2.05, 4.69) is 267 Å². The topological polar surface area (TPSA) is 86.6 Å². The van der Waals surface area contributed by atoms with Crippen LogP contribution in [0, 0.1) is 0 Å². The molecule has 0 amide bonds. The number of phenolic OH excluding ortho intramolecular Hbond substituents is 2. The van der Waals surface area contributed by atoms with E-state index in [1.807, 2.05) is 0 Å². The summed E-state index contributed by atoms with van der Waals surface area (Å²) in [5.41, 5.74) is 10.5. The Morgan fingerprint density at radius 3 is 0.920 bits per heavy atom. The van der Waals surface area contributed by atoms with E-state index < -0.39 is 16.8 Å². The number of aromatic hydroxyl groups is 2. The average Bonchev–Trinajstić information content (AvgIpc) is 3.79. The number of hydrogen-bond acceptors (Lipinski definition) is 4. The van der Waals surface area contributed by atoms with Gasteiger partial charge in [-0.05, 0) is 6.92 Å². The zero-order chi connectivity index (χ0) is 53.0. The van der Waals surface area contributed by atoms with E-state index >= 15 is 0 Å². The molecule has 0 radical (unpaired) electrons. The zero-order valence-electron chi connectivity index (χ0n) is 44.2. The van der Waals surface area contributed by atoms with E-state index in [-0.39, 0.29) is 22.9 Å². The van der Waals surface area contributed by atoms with E-state index in [1.54, 1.807) is 0 Å². The van der Waals surface area contributed by atoms with Crippen LogP contribution >= 0.6 is 0 Å². The number of carboxylic acid groups (broad SMARTS) is 1. The second-order valence-corrected chi connectivity index (χ2v) is 23.3. The van der Waals surface area contributed by atoms with Gasteiger partial charge < -0.3 is 9.90 Å². The molecule has 0 aromatic heterocycles. The fourth-order valence-corrected chi connectivity index (χ4v) is 13.2. The van der Waals surface area contributed by atoms with Crippen molar-refractivity contribution in [3.63, 3.8) is 0 Å². The van der Waals surface area contributed by atoms with Gasteiger partial charge in [0.25, 0.3) is 0 Å². The van der Waals surface area contributed by atoms with Crippen molar-refractivity contribution >= 4 is 18.4 Å². The second kappa shape index (κ2) is 21.9. The third-order valence-electron chi connectivity index (χ3n) is 15.0. The zero-order valence-corrected chi connectivity index (χ0v) is 45.2. The van der Waals surface area contributed by atoms with Crippen molar-refractivity contribution < 1.29 is 42.5 Å². The first-order chi connectivity index (χ1) is 36.0. The fourth-order valence-electron chi connectivity index (χ4n) is 11.5. The second-order valence-electron chi connectivity index (χ2n) is 22.0. The molecule has 0 bridgehead atoms. The molecule has 1 aliphatic heterocycles. The Labute approximate surface area is 450 Å². The number of carbonyl (C=O) groups excluding carboxylic acids is 1. The summed E-state index contributed by atoms with van der Waals surface area (Å²) in [6, 6.07) is 74.4. The number of benzene rings is 8. The van der Waals surface area contributed by atoms with Gasteiger partial charge in [0.2, 0.25) is 0 Å². The Bertz CT molecular complexity index is 2890. The number of carboxylic acids is 1. The molecule has 8 aromatic carbocycles. The Balaban J connectivity index is 0.00000166. The summed E-state index contributed by atoms with van der Waals surface area (Å²) in [6.45, 7) is 14.1. The van der Waals surface area contributed by atoms with Gasteiger partial charge in [-0.1, -0.05) is 0 Å². The van der Waals surface area contributed by atoms with Gasteiger partial charge >= 0.3 is 431 Å². The normalized spacial score (nSPS) is 17.1. The molecule has 75 heavy (non-hydrogen) atoms. The van der Waals surface area contributed by atoms with Gasteiger partial charge in [-0.25, -0.2) is 0 Å². The minimum atomic E-state index is -1.08. The summed E-state index contributed by atoms with van der Waals surface area (Å²) in [7, 11) is 0. The summed E-state index contributed by atoms with van der Waals surface area (Å²) in [4.78, 5) is 8.89. The quantitative estimate of drug-likeness (QED) is 0.134. The van der Waals surface area contributed by atoms with Gasteiger partial charge in [0.15, 0.2) is 0 Å². The minimum absolute atomic E-state index is 0.202. The number of carbonyl (C=O) groups is 1. The van der Waals surface area contributed by atoms with Crippen molar-refractivity contribution in [1.29, 1.82) is 0 Å². The van der Waals surface area contributed by atoms with Gasteiger partial charge in [0.05, 0.1) is 0 Å². The number of nitrogens with zero attached hydrogens (tertiary/aromatic N) is 2. The number of hydrogen-bond donors (Lipinski definition) is 2. The molecule has 2 N–H and O–H groups in total. The molecule has 2 fully saturated rings. The van der Waals surface area contributed by atoms with Crippen LogP contribution in [0.4, 0.5) is 0 Å². The molecule has 1 aliphatic carbocycles. The molecule has 1 saturated heterocycles. The van der Waals surface area contributed by atoms with Crippen molar-refractivity contribution in [2.75, 3.05) is 0 Å². The summed E-state index contributed by atoms with van der Waals surface area (Å²) >= 11 is 1.02. The van der Waals surface area contributed by atoms with E-state index in [4.69, 9.17) is 9.90 Å². The van der Waals surface area contributed by atoms with Crippen molar-refractivity contribution in [2.24, 2.45) is 0 Å². The standard InChI is InChI=1S/C66H66N2O2.C2H4O2.Co/c1-63(2,3)57-43-55(65(49-27-13-7-14-28-49,50-29-15-8-16-30-50)51-31-17-9-18-32-51)41-47(61(57)69)45-67-59-39-25-26-40-60(59)68-46-48-42-56(44-58(62(48)70)64(4,5)6)66(52-33-19-10-20-34-52,53-35-21-11-22-36-53)54-37-23-12-24-38-54;1-2(3)4;/h7-24,27-38,41-46,59-60,69-70H,25-26,39-40H2,1-6H3;1H3,(H,3,4);/q;;+2/p-1/t59-,60-;;/m1../s1. The van der Waals surface area contributed by atoms with Crippen LogP contribution < -0.4 is 5.11 Å². The fraction of sp³-hybridized carbons (Fsp3) is 0.250. The molecule has 2 aliphatic rings.